The van der Waals surface area contributed by atoms with E-state index in [0.29, 0.717) is 23.6 Å². The van der Waals surface area contributed by atoms with E-state index in [1.165, 1.54) is 42.6 Å². The first-order chi connectivity index (χ1) is 16.9. The van der Waals surface area contributed by atoms with Crippen molar-refractivity contribution >= 4 is 35.4 Å². The Hall–Kier alpha value is -5.06. The largest absolute Gasteiger partial charge is 0.494 e. The van der Waals surface area contributed by atoms with Crippen molar-refractivity contribution in [1.29, 1.82) is 0 Å². The van der Waals surface area contributed by atoms with Crippen molar-refractivity contribution in [3.8, 4) is 11.5 Å². The van der Waals surface area contributed by atoms with Gasteiger partial charge in [-0.1, -0.05) is 24.3 Å². The van der Waals surface area contributed by atoms with E-state index in [0.717, 1.165) is 0 Å². The molecule has 0 aromatic heterocycles. The lowest BCUT2D eigenvalue weighted by Crippen LogP contribution is -2.32. The minimum absolute atomic E-state index is 0.108. The Labute approximate surface area is 199 Å². The first kappa shape index (κ1) is 24.6. The Morgan fingerprint density at radius 3 is 2.43 bits per heavy atom. The summed E-state index contributed by atoms with van der Waals surface area (Å²) in [4.78, 5) is 46.8. The maximum Gasteiger partial charge on any atom is 0.350 e. The smallest absolute Gasteiger partial charge is 0.350 e. The molecule has 3 aromatic carbocycles. The van der Waals surface area contributed by atoms with E-state index >= 15 is 0 Å². The van der Waals surface area contributed by atoms with Crippen LogP contribution in [0.2, 0.25) is 0 Å². The summed E-state index contributed by atoms with van der Waals surface area (Å²) in [5.74, 6) is -2.07. The highest BCUT2D eigenvalue weighted by Crippen LogP contribution is 2.21. The number of carbonyl (C=O) groups excluding carboxylic acids is 3. The van der Waals surface area contributed by atoms with Crippen LogP contribution in [-0.2, 0) is 9.59 Å². The Kier molecular flexibility index (Phi) is 8.22. The molecule has 0 spiro atoms. The average molecular weight is 476 g/mol. The third-order valence-electron chi connectivity index (χ3n) is 4.40. The standard InChI is InChI=1S/C24H20N4O7/c1-2-34-18-12-10-17(11-13-18)26-22(29)23(30)27-25-15-16-6-5-7-19(14-16)35-24(31)20-8-3-4-9-21(20)28(32)33/h3-15H,2H2,1H3,(H,26,29)(H,27,30). The van der Waals surface area contributed by atoms with Gasteiger partial charge in [0.05, 0.1) is 17.7 Å². The molecule has 0 aliphatic carbocycles. The maximum absolute atomic E-state index is 12.4. The number of nitrogens with one attached hydrogen (secondary N) is 2. The number of benzene rings is 3. The van der Waals surface area contributed by atoms with Crippen molar-refractivity contribution in [2.24, 2.45) is 5.10 Å². The van der Waals surface area contributed by atoms with E-state index in [2.05, 4.69) is 15.8 Å². The number of ether oxygens (including phenoxy) is 2. The number of hydrogen-bond donors (Lipinski definition) is 2. The first-order valence-corrected chi connectivity index (χ1v) is 10.3. The zero-order valence-electron chi connectivity index (χ0n) is 18.5. The SMILES string of the molecule is CCOc1ccc(NC(=O)C(=O)NN=Cc2cccc(OC(=O)c3ccccc3[N+](=O)[O-])c2)cc1. The zero-order chi connectivity index (χ0) is 25.2. The zero-order valence-corrected chi connectivity index (χ0v) is 18.5. The summed E-state index contributed by atoms with van der Waals surface area (Å²) in [7, 11) is 0. The molecule has 0 fully saturated rings. The van der Waals surface area contributed by atoms with Crippen LogP contribution in [0.1, 0.15) is 22.8 Å². The average Bonchev–Trinajstić information content (AvgIpc) is 2.85. The number of rotatable bonds is 8. The fraction of sp³-hybridized carbons (Fsp3) is 0.0833. The number of anilines is 1. The van der Waals surface area contributed by atoms with Gasteiger partial charge in [0.25, 0.3) is 5.69 Å². The van der Waals surface area contributed by atoms with Gasteiger partial charge in [-0.15, -0.1) is 0 Å². The maximum atomic E-state index is 12.4. The number of hydrogen-bond acceptors (Lipinski definition) is 8. The molecule has 0 heterocycles. The molecule has 0 saturated carbocycles. The molecule has 0 bridgehead atoms. The lowest BCUT2D eigenvalue weighted by molar-refractivity contribution is -0.385. The summed E-state index contributed by atoms with van der Waals surface area (Å²) in [5.41, 5.74) is 2.38. The second kappa shape index (κ2) is 11.7. The summed E-state index contributed by atoms with van der Waals surface area (Å²) < 4.78 is 10.5. The Bertz CT molecular complexity index is 1270. The third-order valence-corrected chi connectivity index (χ3v) is 4.40. The monoisotopic (exact) mass is 476 g/mol. The number of nitrogens with zero attached hydrogens (tertiary/aromatic N) is 2. The van der Waals surface area contributed by atoms with E-state index in [1.807, 2.05) is 6.92 Å². The molecular formula is C24H20N4O7. The highest BCUT2D eigenvalue weighted by molar-refractivity contribution is 6.39. The summed E-state index contributed by atoms with van der Waals surface area (Å²) in [6, 6.07) is 18.0. The van der Waals surface area contributed by atoms with Crippen LogP contribution in [0.4, 0.5) is 11.4 Å². The van der Waals surface area contributed by atoms with Crippen LogP contribution in [-0.4, -0.2) is 35.5 Å². The van der Waals surface area contributed by atoms with Crippen molar-refractivity contribution in [2.75, 3.05) is 11.9 Å². The van der Waals surface area contributed by atoms with Crippen LogP contribution in [0.15, 0.2) is 77.9 Å². The van der Waals surface area contributed by atoms with Gasteiger partial charge < -0.3 is 14.8 Å². The first-order valence-electron chi connectivity index (χ1n) is 10.3. The normalized spacial score (nSPS) is 10.4. The third kappa shape index (κ3) is 6.96. The van der Waals surface area contributed by atoms with E-state index < -0.39 is 22.7 Å². The molecule has 2 amide bonds. The number of hydrazone groups is 1. The molecular weight excluding hydrogens is 456 g/mol. The van der Waals surface area contributed by atoms with Crippen LogP contribution in [0.25, 0.3) is 0 Å². The molecule has 0 aliphatic rings. The summed E-state index contributed by atoms with van der Waals surface area (Å²) in [6.07, 6.45) is 1.24. The van der Waals surface area contributed by atoms with Crippen LogP contribution in [0, 0.1) is 10.1 Å². The second-order valence-corrected chi connectivity index (χ2v) is 6.85. The molecule has 11 nitrogen and oxygen atoms in total. The fourth-order valence-corrected chi connectivity index (χ4v) is 2.83. The van der Waals surface area contributed by atoms with E-state index in [9.17, 15) is 24.5 Å². The van der Waals surface area contributed by atoms with E-state index in [1.54, 1.807) is 36.4 Å². The minimum Gasteiger partial charge on any atom is -0.494 e. The number of esters is 1. The van der Waals surface area contributed by atoms with Gasteiger partial charge in [-0.25, -0.2) is 10.2 Å². The van der Waals surface area contributed by atoms with Gasteiger partial charge in [-0.3, -0.25) is 19.7 Å². The molecule has 0 radical (unpaired) electrons. The number of nitro groups is 1. The lowest BCUT2D eigenvalue weighted by atomic mass is 10.2. The van der Waals surface area contributed by atoms with Crippen LogP contribution < -0.4 is 20.2 Å². The molecule has 2 N–H and O–H groups in total. The van der Waals surface area contributed by atoms with Gasteiger partial charge in [0, 0.05) is 11.8 Å². The number of para-hydroxylation sites is 1. The van der Waals surface area contributed by atoms with E-state index in [-0.39, 0.29) is 17.0 Å². The van der Waals surface area contributed by atoms with Crippen molar-refractivity contribution in [3.05, 3.63) is 94.0 Å². The highest BCUT2D eigenvalue weighted by Gasteiger charge is 2.21. The Morgan fingerprint density at radius 2 is 1.71 bits per heavy atom. The molecule has 3 rings (SSSR count). The molecule has 0 unspecified atom stereocenters. The molecule has 3 aromatic rings. The molecule has 0 aliphatic heterocycles. The topological polar surface area (TPSA) is 149 Å². The quantitative estimate of drug-likeness (QED) is 0.126. The summed E-state index contributed by atoms with van der Waals surface area (Å²) >= 11 is 0. The minimum atomic E-state index is -0.992. The van der Waals surface area contributed by atoms with Crippen molar-refractivity contribution in [2.45, 2.75) is 6.92 Å². The van der Waals surface area contributed by atoms with Crippen LogP contribution >= 0.6 is 0 Å². The van der Waals surface area contributed by atoms with Gasteiger partial charge in [0.15, 0.2) is 0 Å². The Morgan fingerprint density at radius 1 is 0.971 bits per heavy atom. The molecule has 0 atom stereocenters. The molecule has 178 valence electrons. The molecule has 0 saturated heterocycles. The van der Waals surface area contributed by atoms with Crippen molar-refractivity contribution < 1.29 is 28.8 Å². The van der Waals surface area contributed by atoms with Crippen molar-refractivity contribution in [1.82, 2.24) is 5.43 Å². The van der Waals surface area contributed by atoms with Gasteiger partial charge in [0.1, 0.15) is 17.1 Å². The fourth-order valence-electron chi connectivity index (χ4n) is 2.83. The van der Waals surface area contributed by atoms with Crippen LogP contribution in [0.5, 0.6) is 11.5 Å². The van der Waals surface area contributed by atoms with Gasteiger partial charge in [0.2, 0.25) is 0 Å². The summed E-state index contributed by atoms with van der Waals surface area (Å²) in [5, 5.41) is 17.3. The predicted molar refractivity (Wildman–Crippen MR) is 126 cm³/mol. The molecule has 11 heteroatoms. The van der Waals surface area contributed by atoms with Gasteiger partial charge >= 0.3 is 17.8 Å². The van der Waals surface area contributed by atoms with E-state index in [4.69, 9.17) is 9.47 Å². The Balaban J connectivity index is 1.57. The second-order valence-electron chi connectivity index (χ2n) is 6.85. The number of nitro benzene ring substituents is 1. The number of amides is 2. The van der Waals surface area contributed by atoms with Crippen molar-refractivity contribution in [3.63, 3.8) is 0 Å². The van der Waals surface area contributed by atoms with Gasteiger partial charge in [-0.2, -0.15) is 5.10 Å². The number of carbonyl (C=O) groups is 3. The predicted octanol–water partition coefficient (Wildman–Crippen LogP) is 3.30. The van der Waals surface area contributed by atoms with Gasteiger partial charge in [-0.05, 0) is 55.0 Å². The highest BCUT2D eigenvalue weighted by atomic mass is 16.6. The lowest BCUT2D eigenvalue weighted by Gasteiger charge is -2.06. The van der Waals surface area contributed by atoms with Crippen LogP contribution in [0.3, 0.4) is 0 Å². The summed E-state index contributed by atoms with van der Waals surface area (Å²) in [6.45, 7) is 2.36. The molecule has 35 heavy (non-hydrogen) atoms.